The van der Waals surface area contributed by atoms with E-state index in [1.165, 1.54) is 16.7 Å². The number of nitrogens with one attached hydrogen (secondary N) is 1. The topological polar surface area (TPSA) is 35.4 Å². The molecule has 0 aromatic heterocycles. The lowest BCUT2D eigenvalue weighted by molar-refractivity contribution is 0.185. The van der Waals surface area contributed by atoms with Crippen molar-refractivity contribution in [3.63, 3.8) is 0 Å². The van der Waals surface area contributed by atoms with Crippen molar-refractivity contribution in [2.24, 2.45) is 5.92 Å². The molecule has 3 nitrogen and oxygen atoms in total. The molecular weight excluding hydrogens is 320 g/mol. The van der Waals surface area contributed by atoms with Crippen LogP contribution in [0.4, 0.5) is 5.69 Å². The fourth-order valence-electron chi connectivity index (χ4n) is 3.31. The molecule has 2 aromatic rings. The maximum absolute atomic E-state index is 6.15. The zero-order valence-electron chi connectivity index (χ0n) is 14.3. The van der Waals surface area contributed by atoms with E-state index in [4.69, 9.17) is 16.3 Å². The second-order valence-corrected chi connectivity index (χ2v) is 6.79. The van der Waals surface area contributed by atoms with Crippen molar-refractivity contribution >= 4 is 17.3 Å². The van der Waals surface area contributed by atoms with Crippen LogP contribution in [0.1, 0.15) is 29.2 Å². The maximum Gasteiger partial charge on any atom is 0.0567 e. The molecule has 1 saturated heterocycles. The molecule has 2 aromatic carbocycles. The Bertz CT molecular complexity index is 683. The summed E-state index contributed by atoms with van der Waals surface area (Å²) in [6.45, 7) is 4.77. The molecule has 0 bridgehead atoms. The fourth-order valence-corrected chi connectivity index (χ4v) is 3.54. The summed E-state index contributed by atoms with van der Waals surface area (Å²) in [5.74, 6) is 0.575. The van der Waals surface area contributed by atoms with Crippen LogP contribution < -0.4 is 5.32 Å². The maximum atomic E-state index is 6.15. The minimum Gasteiger partial charge on any atom is -0.687 e. The SMILES string of the molecule is C[N-]c1ccccc1C(NCC1CCOC1)c1ccc(Cl)cc1C. The first-order valence-corrected chi connectivity index (χ1v) is 8.82. The smallest absolute Gasteiger partial charge is 0.0567 e. The Balaban J connectivity index is 1.93. The largest absolute Gasteiger partial charge is 0.687 e. The predicted molar refractivity (Wildman–Crippen MR) is 100 cm³/mol. The van der Waals surface area contributed by atoms with Gasteiger partial charge in [0.05, 0.1) is 12.6 Å². The van der Waals surface area contributed by atoms with Gasteiger partial charge in [-0.3, -0.25) is 0 Å². The van der Waals surface area contributed by atoms with Crippen LogP contribution in [-0.2, 0) is 4.74 Å². The molecule has 2 atom stereocenters. The average molecular weight is 344 g/mol. The van der Waals surface area contributed by atoms with E-state index < -0.39 is 0 Å². The standard InChI is InChI=1S/C20H24ClN2O/c1-14-11-16(21)7-8-17(14)20(23-12-15-9-10-24-13-15)18-5-3-4-6-19(18)22-2/h3-8,11,15,20,23H,9-10,12-13H2,1-2H3/q-1. The van der Waals surface area contributed by atoms with Crippen molar-refractivity contribution in [3.8, 4) is 0 Å². The normalized spacial score (nSPS) is 18.5. The van der Waals surface area contributed by atoms with E-state index >= 15 is 0 Å². The van der Waals surface area contributed by atoms with Crippen LogP contribution in [0.2, 0.25) is 5.02 Å². The summed E-state index contributed by atoms with van der Waals surface area (Å²) in [7, 11) is 1.84. The van der Waals surface area contributed by atoms with Gasteiger partial charge in [0.2, 0.25) is 0 Å². The molecule has 0 saturated carbocycles. The molecule has 0 amide bonds. The Morgan fingerprint density at radius 3 is 2.79 bits per heavy atom. The first-order chi connectivity index (χ1) is 11.7. The third kappa shape index (κ3) is 3.92. The Labute approximate surface area is 149 Å². The molecule has 24 heavy (non-hydrogen) atoms. The summed E-state index contributed by atoms with van der Waals surface area (Å²) in [5, 5.41) is 8.97. The molecule has 4 heteroatoms. The molecular formula is C20H24ClN2O-. The van der Waals surface area contributed by atoms with E-state index in [9.17, 15) is 0 Å². The number of rotatable bonds is 6. The minimum absolute atomic E-state index is 0.0998. The summed E-state index contributed by atoms with van der Waals surface area (Å²) in [4.78, 5) is 0. The number of hydrogen-bond acceptors (Lipinski definition) is 2. The van der Waals surface area contributed by atoms with Crippen molar-refractivity contribution in [2.45, 2.75) is 19.4 Å². The van der Waals surface area contributed by atoms with E-state index in [-0.39, 0.29) is 6.04 Å². The molecule has 2 unspecified atom stereocenters. The van der Waals surface area contributed by atoms with Crippen LogP contribution in [0, 0.1) is 12.8 Å². The van der Waals surface area contributed by atoms with Crippen LogP contribution in [0.15, 0.2) is 42.5 Å². The zero-order valence-corrected chi connectivity index (χ0v) is 15.0. The number of hydrogen-bond donors (Lipinski definition) is 1. The molecule has 0 spiro atoms. The van der Waals surface area contributed by atoms with E-state index in [1.54, 1.807) is 0 Å². The molecule has 1 heterocycles. The van der Waals surface area contributed by atoms with Gasteiger partial charge < -0.3 is 15.4 Å². The summed E-state index contributed by atoms with van der Waals surface area (Å²) < 4.78 is 5.51. The lowest BCUT2D eigenvalue weighted by Crippen LogP contribution is -2.29. The Kier molecular flexibility index (Phi) is 5.77. The second kappa shape index (κ2) is 8.02. The number of aryl methyl sites for hydroxylation is 1. The highest BCUT2D eigenvalue weighted by atomic mass is 35.5. The molecule has 1 aliphatic heterocycles. The molecule has 3 rings (SSSR count). The van der Waals surface area contributed by atoms with E-state index in [2.05, 4.69) is 41.8 Å². The third-order valence-corrected chi connectivity index (χ3v) is 4.90. The van der Waals surface area contributed by atoms with Crippen molar-refractivity contribution in [1.29, 1.82) is 0 Å². The molecule has 0 aliphatic carbocycles. The average Bonchev–Trinajstić information content (AvgIpc) is 3.10. The number of ether oxygens (including phenoxy) is 1. The number of halogens is 1. The lowest BCUT2D eigenvalue weighted by atomic mass is 9.93. The molecule has 1 N–H and O–H groups in total. The summed E-state index contributed by atoms with van der Waals surface area (Å²) in [6.07, 6.45) is 1.12. The predicted octanol–water partition coefficient (Wildman–Crippen LogP) is 5.00. The van der Waals surface area contributed by atoms with Crippen LogP contribution in [0.5, 0.6) is 0 Å². The van der Waals surface area contributed by atoms with Crippen molar-refractivity contribution in [2.75, 3.05) is 26.8 Å². The van der Waals surface area contributed by atoms with Crippen molar-refractivity contribution in [3.05, 3.63) is 69.5 Å². The minimum atomic E-state index is 0.0998. The summed E-state index contributed by atoms with van der Waals surface area (Å²) in [5.41, 5.74) is 4.65. The lowest BCUT2D eigenvalue weighted by Gasteiger charge is -2.29. The van der Waals surface area contributed by atoms with Crippen molar-refractivity contribution < 1.29 is 4.74 Å². The molecule has 0 radical (unpaired) electrons. The molecule has 1 aliphatic rings. The first-order valence-electron chi connectivity index (χ1n) is 8.45. The highest BCUT2D eigenvalue weighted by Gasteiger charge is 2.21. The van der Waals surface area contributed by atoms with Gasteiger partial charge in [0.1, 0.15) is 0 Å². The Morgan fingerprint density at radius 2 is 2.08 bits per heavy atom. The van der Waals surface area contributed by atoms with Gasteiger partial charge in [-0.2, -0.15) is 0 Å². The third-order valence-electron chi connectivity index (χ3n) is 4.67. The Hall–Kier alpha value is -1.55. The van der Waals surface area contributed by atoms with Gasteiger partial charge in [-0.15, -0.1) is 12.7 Å². The summed E-state index contributed by atoms with van der Waals surface area (Å²) >= 11 is 6.15. The number of para-hydroxylation sites is 1. The van der Waals surface area contributed by atoms with Crippen LogP contribution >= 0.6 is 11.6 Å². The number of nitrogens with zero attached hydrogens (tertiary/aromatic N) is 1. The van der Waals surface area contributed by atoms with Crippen LogP contribution in [-0.4, -0.2) is 26.8 Å². The highest BCUT2D eigenvalue weighted by Crippen LogP contribution is 2.34. The van der Waals surface area contributed by atoms with Gasteiger partial charge in [-0.1, -0.05) is 41.9 Å². The van der Waals surface area contributed by atoms with Gasteiger partial charge in [0.15, 0.2) is 0 Å². The highest BCUT2D eigenvalue weighted by molar-refractivity contribution is 6.30. The first kappa shape index (κ1) is 17.3. The van der Waals surface area contributed by atoms with Gasteiger partial charge in [-0.05, 0) is 48.1 Å². The molecule has 128 valence electrons. The number of benzene rings is 2. The van der Waals surface area contributed by atoms with Gasteiger partial charge >= 0.3 is 0 Å². The Morgan fingerprint density at radius 1 is 1.25 bits per heavy atom. The van der Waals surface area contributed by atoms with Crippen molar-refractivity contribution in [1.82, 2.24) is 5.32 Å². The van der Waals surface area contributed by atoms with Gasteiger partial charge in [-0.25, -0.2) is 0 Å². The van der Waals surface area contributed by atoms with Crippen LogP contribution in [0.3, 0.4) is 0 Å². The van der Waals surface area contributed by atoms with Gasteiger partial charge in [0, 0.05) is 18.2 Å². The van der Waals surface area contributed by atoms with Gasteiger partial charge in [0.25, 0.3) is 0 Å². The van der Waals surface area contributed by atoms with E-state index in [1.807, 2.05) is 25.2 Å². The second-order valence-electron chi connectivity index (χ2n) is 6.35. The molecule has 1 fully saturated rings. The van der Waals surface area contributed by atoms with E-state index in [0.717, 1.165) is 36.9 Å². The monoisotopic (exact) mass is 343 g/mol. The quantitative estimate of drug-likeness (QED) is 0.801. The van der Waals surface area contributed by atoms with E-state index in [0.29, 0.717) is 5.92 Å². The zero-order chi connectivity index (χ0) is 16.9. The summed E-state index contributed by atoms with van der Waals surface area (Å²) in [6, 6.07) is 14.5. The van der Waals surface area contributed by atoms with Crippen LogP contribution in [0.25, 0.3) is 5.32 Å². The fraction of sp³-hybridized carbons (Fsp3) is 0.400.